The third kappa shape index (κ3) is 7.07. The molecule has 2 amide bonds. The number of rotatable bonds is 10. The second kappa shape index (κ2) is 11.7. The van der Waals surface area contributed by atoms with Gasteiger partial charge < -0.3 is 10.2 Å². The van der Waals surface area contributed by atoms with Gasteiger partial charge in [0.05, 0.1) is 11.9 Å². The maximum absolute atomic E-state index is 13.7. The third-order valence-electron chi connectivity index (χ3n) is 6.74. The van der Waals surface area contributed by atoms with Crippen molar-refractivity contribution >= 4 is 27.5 Å². The van der Waals surface area contributed by atoms with E-state index in [1.54, 1.807) is 12.1 Å². The fourth-order valence-corrected chi connectivity index (χ4v) is 5.40. The van der Waals surface area contributed by atoms with E-state index in [9.17, 15) is 18.0 Å². The number of sulfonamides is 1. The number of hydrogen-bond donors (Lipinski definition) is 1. The van der Waals surface area contributed by atoms with Crippen molar-refractivity contribution in [1.82, 2.24) is 10.2 Å². The van der Waals surface area contributed by atoms with Crippen LogP contribution in [0.5, 0.6) is 0 Å². The van der Waals surface area contributed by atoms with Crippen molar-refractivity contribution in [2.24, 2.45) is 0 Å². The number of nitrogens with one attached hydrogen (secondary N) is 1. The van der Waals surface area contributed by atoms with Crippen LogP contribution >= 0.6 is 0 Å². The molecule has 1 fully saturated rings. The normalized spacial score (nSPS) is 15.0. The Balaban J connectivity index is 1.91. The lowest BCUT2D eigenvalue weighted by atomic mass is 10.1. The van der Waals surface area contributed by atoms with Gasteiger partial charge in [-0.15, -0.1) is 0 Å². The molecule has 1 saturated carbocycles. The monoisotopic (exact) mass is 499 g/mol. The van der Waals surface area contributed by atoms with Crippen molar-refractivity contribution in [2.75, 3.05) is 17.1 Å². The summed E-state index contributed by atoms with van der Waals surface area (Å²) < 4.78 is 26.6. The van der Waals surface area contributed by atoms with Gasteiger partial charge >= 0.3 is 0 Å². The summed E-state index contributed by atoms with van der Waals surface area (Å²) in [5.41, 5.74) is 3.29. The molecule has 7 nitrogen and oxygen atoms in total. The molecule has 1 N–H and O–H groups in total. The van der Waals surface area contributed by atoms with E-state index >= 15 is 0 Å². The standard InChI is InChI=1S/C27H37N3O4S/c1-5-25(27(32)28-23-13-9-10-14-23)29(18-22-11-7-6-8-12-22)26(31)19-30(35(4,33)34)24-16-15-20(2)21(3)17-24/h6-8,11-12,15-17,23,25H,5,9-10,13-14,18-19H2,1-4H3,(H,28,32). The van der Waals surface area contributed by atoms with Gasteiger partial charge in [-0.3, -0.25) is 13.9 Å². The molecule has 0 aromatic heterocycles. The zero-order valence-corrected chi connectivity index (χ0v) is 22.0. The molecule has 3 rings (SSSR count). The number of amides is 2. The smallest absolute Gasteiger partial charge is 0.244 e. The van der Waals surface area contributed by atoms with Crippen molar-refractivity contribution in [3.8, 4) is 0 Å². The number of aryl methyl sites for hydroxylation is 2. The predicted octanol–water partition coefficient (Wildman–Crippen LogP) is 3.94. The highest BCUT2D eigenvalue weighted by Crippen LogP contribution is 2.23. The lowest BCUT2D eigenvalue weighted by molar-refractivity contribution is -0.140. The number of benzene rings is 2. The van der Waals surface area contributed by atoms with Gasteiger partial charge in [-0.1, -0.05) is 56.2 Å². The molecule has 0 heterocycles. The molecular formula is C27H37N3O4S. The summed E-state index contributed by atoms with van der Waals surface area (Å²) in [5, 5.41) is 3.12. The van der Waals surface area contributed by atoms with Crippen molar-refractivity contribution in [1.29, 1.82) is 0 Å². The van der Waals surface area contributed by atoms with Crippen LogP contribution in [0, 0.1) is 13.8 Å². The molecule has 2 aromatic rings. The quantitative estimate of drug-likeness (QED) is 0.537. The minimum absolute atomic E-state index is 0.133. The highest BCUT2D eigenvalue weighted by Gasteiger charge is 2.33. The highest BCUT2D eigenvalue weighted by atomic mass is 32.2. The van der Waals surface area contributed by atoms with Gasteiger partial charge in [-0.2, -0.15) is 0 Å². The van der Waals surface area contributed by atoms with Gasteiger partial charge in [0.1, 0.15) is 12.6 Å². The maximum Gasteiger partial charge on any atom is 0.244 e. The van der Waals surface area contributed by atoms with Crippen molar-refractivity contribution < 1.29 is 18.0 Å². The Morgan fingerprint density at radius 3 is 2.26 bits per heavy atom. The molecule has 0 radical (unpaired) electrons. The van der Waals surface area contributed by atoms with Crippen LogP contribution in [-0.4, -0.2) is 50.0 Å². The van der Waals surface area contributed by atoms with Gasteiger partial charge in [-0.25, -0.2) is 8.42 Å². The molecule has 1 unspecified atom stereocenters. The minimum Gasteiger partial charge on any atom is -0.352 e. The molecule has 1 aliphatic rings. The minimum atomic E-state index is -3.74. The zero-order chi connectivity index (χ0) is 25.6. The van der Waals surface area contributed by atoms with E-state index in [2.05, 4.69) is 5.32 Å². The fourth-order valence-electron chi connectivity index (χ4n) is 4.56. The molecule has 2 aromatic carbocycles. The van der Waals surface area contributed by atoms with E-state index in [0.29, 0.717) is 12.1 Å². The van der Waals surface area contributed by atoms with Crippen LogP contribution in [0.25, 0.3) is 0 Å². The van der Waals surface area contributed by atoms with Crippen LogP contribution in [-0.2, 0) is 26.2 Å². The Morgan fingerprint density at radius 1 is 1.03 bits per heavy atom. The molecule has 35 heavy (non-hydrogen) atoms. The Labute approximate surface area is 209 Å². The van der Waals surface area contributed by atoms with Crippen LogP contribution in [0.3, 0.4) is 0 Å². The Morgan fingerprint density at radius 2 is 1.69 bits per heavy atom. The van der Waals surface area contributed by atoms with Crippen LogP contribution < -0.4 is 9.62 Å². The van der Waals surface area contributed by atoms with Crippen LogP contribution in [0.1, 0.15) is 55.7 Å². The lowest BCUT2D eigenvalue weighted by Crippen LogP contribution is -2.53. The number of nitrogens with zero attached hydrogens (tertiary/aromatic N) is 2. The Bertz CT molecular complexity index is 1130. The summed E-state index contributed by atoms with van der Waals surface area (Å²) in [7, 11) is -3.74. The number of anilines is 1. The summed E-state index contributed by atoms with van der Waals surface area (Å²) in [5.74, 6) is -0.591. The molecule has 190 valence electrons. The highest BCUT2D eigenvalue weighted by molar-refractivity contribution is 7.92. The molecule has 0 spiro atoms. The summed E-state index contributed by atoms with van der Waals surface area (Å²) in [6, 6.07) is 14.2. The molecular weight excluding hydrogens is 462 g/mol. The van der Waals surface area contributed by atoms with E-state index < -0.39 is 22.0 Å². The SMILES string of the molecule is CCC(C(=O)NC1CCCC1)N(Cc1ccccc1)C(=O)CN(c1ccc(C)c(C)c1)S(C)(=O)=O. The van der Waals surface area contributed by atoms with Crippen molar-refractivity contribution in [3.63, 3.8) is 0 Å². The average molecular weight is 500 g/mol. The summed E-state index contributed by atoms with van der Waals surface area (Å²) in [6.07, 6.45) is 5.61. The largest absolute Gasteiger partial charge is 0.352 e. The van der Waals surface area contributed by atoms with Crippen molar-refractivity contribution in [2.45, 2.75) is 71.5 Å². The summed E-state index contributed by atoms with van der Waals surface area (Å²) in [4.78, 5) is 28.5. The van der Waals surface area contributed by atoms with Gasteiger partial charge in [0.15, 0.2) is 0 Å². The average Bonchev–Trinajstić information content (AvgIpc) is 3.32. The predicted molar refractivity (Wildman–Crippen MR) is 140 cm³/mol. The molecule has 0 saturated heterocycles. The topological polar surface area (TPSA) is 86.8 Å². The maximum atomic E-state index is 13.7. The summed E-state index contributed by atoms with van der Waals surface area (Å²) >= 11 is 0. The second-order valence-corrected chi connectivity index (χ2v) is 11.4. The number of carbonyl (C=O) groups is 2. The molecule has 1 atom stereocenters. The Hall–Kier alpha value is -2.87. The van der Waals surface area contributed by atoms with E-state index in [1.165, 1.54) is 4.90 Å². The molecule has 1 aliphatic carbocycles. The Kier molecular flexibility index (Phi) is 8.94. The first-order valence-electron chi connectivity index (χ1n) is 12.3. The first-order valence-corrected chi connectivity index (χ1v) is 14.1. The summed E-state index contributed by atoms with van der Waals surface area (Å²) in [6.45, 7) is 5.58. The van der Waals surface area contributed by atoms with Crippen LogP contribution in [0.2, 0.25) is 0 Å². The van der Waals surface area contributed by atoms with E-state index in [4.69, 9.17) is 0 Å². The number of carbonyl (C=O) groups excluding carboxylic acids is 2. The number of hydrogen-bond acceptors (Lipinski definition) is 4. The second-order valence-electron chi connectivity index (χ2n) is 9.46. The van der Waals surface area contributed by atoms with Gasteiger partial charge in [0.25, 0.3) is 0 Å². The van der Waals surface area contributed by atoms with E-state index in [-0.39, 0.29) is 25.0 Å². The first kappa shape index (κ1) is 26.7. The van der Waals surface area contributed by atoms with Crippen LogP contribution in [0.4, 0.5) is 5.69 Å². The zero-order valence-electron chi connectivity index (χ0n) is 21.2. The lowest BCUT2D eigenvalue weighted by Gasteiger charge is -2.33. The van der Waals surface area contributed by atoms with Gasteiger partial charge in [0.2, 0.25) is 21.8 Å². The molecule has 8 heteroatoms. The van der Waals surface area contributed by atoms with E-state index in [0.717, 1.165) is 52.9 Å². The third-order valence-corrected chi connectivity index (χ3v) is 7.88. The van der Waals surface area contributed by atoms with Gasteiger partial charge in [0, 0.05) is 12.6 Å². The first-order chi connectivity index (χ1) is 16.6. The van der Waals surface area contributed by atoms with E-state index in [1.807, 2.05) is 57.2 Å². The van der Waals surface area contributed by atoms with Crippen molar-refractivity contribution in [3.05, 3.63) is 65.2 Å². The molecule has 0 aliphatic heterocycles. The van der Waals surface area contributed by atoms with Gasteiger partial charge in [-0.05, 0) is 61.9 Å². The molecule has 0 bridgehead atoms. The fraction of sp³-hybridized carbons (Fsp3) is 0.481. The van der Waals surface area contributed by atoms with Crippen LogP contribution in [0.15, 0.2) is 48.5 Å².